The number of carboxylic acids is 1. The molecular weight excluding hydrogens is 466 g/mol. The van der Waals surface area contributed by atoms with Crippen LogP contribution in [-0.4, -0.2) is 25.6 Å². The first-order valence-electron chi connectivity index (χ1n) is 10.8. The summed E-state index contributed by atoms with van der Waals surface area (Å²) in [6.07, 6.45) is 2.34. The Morgan fingerprint density at radius 3 is 2.63 bits per heavy atom. The molecule has 0 atom stereocenters. The highest BCUT2D eigenvalue weighted by molar-refractivity contribution is 7.99. The Hall–Kier alpha value is -4.24. The lowest BCUT2D eigenvalue weighted by Crippen LogP contribution is -2.21. The van der Waals surface area contributed by atoms with E-state index in [0.717, 1.165) is 16.0 Å². The van der Waals surface area contributed by atoms with Gasteiger partial charge < -0.3 is 5.11 Å². The first-order chi connectivity index (χ1) is 16.8. The number of allylic oxidation sites excluding steroid dienone is 1. The summed E-state index contributed by atoms with van der Waals surface area (Å²) < 4.78 is 1.56. The summed E-state index contributed by atoms with van der Waals surface area (Å²) in [5.74, 6) is -0.647. The molecule has 0 aliphatic carbocycles. The molecule has 0 saturated heterocycles. The van der Waals surface area contributed by atoms with E-state index in [4.69, 9.17) is 0 Å². The number of nitro groups is 1. The molecular formula is C26H19N3O5S. The van der Waals surface area contributed by atoms with Crippen LogP contribution < -0.4 is 5.56 Å². The molecule has 4 aromatic rings. The van der Waals surface area contributed by atoms with Crippen LogP contribution in [0.5, 0.6) is 0 Å². The van der Waals surface area contributed by atoms with Crippen LogP contribution in [0.2, 0.25) is 0 Å². The zero-order valence-corrected chi connectivity index (χ0v) is 19.4. The Morgan fingerprint density at radius 2 is 1.91 bits per heavy atom. The van der Waals surface area contributed by atoms with Gasteiger partial charge in [-0.05, 0) is 67.0 Å². The molecule has 2 heterocycles. The summed E-state index contributed by atoms with van der Waals surface area (Å²) in [6.45, 7) is 2.42. The van der Waals surface area contributed by atoms with Crippen molar-refractivity contribution in [2.75, 3.05) is 0 Å². The number of nitro benzene ring substituents is 1. The van der Waals surface area contributed by atoms with Crippen molar-refractivity contribution in [2.45, 2.75) is 29.7 Å². The molecule has 0 radical (unpaired) electrons. The molecule has 1 aromatic heterocycles. The lowest BCUT2D eigenvalue weighted by Gasteiger charge is -2.07. The highest BCUT2D eigenvalue weighted by Gasteiger charge is 2.22. The predicted octanol–water partition coefficient (Wildman–Crippen LogP) is 5.41. The number of hydrogen-bond acceptors (Lipinski definition) is 6. The fourth-order valence-corrected chi connectivity index (χ4v) is 4.98. The van der Waals surface area contributed by atoms with Gasteiger partial charge in [0.25, 0.3) is 11.2 Å². The van der Waals surface area contributed by atoms with E-state index in [-0.39, 0.29) is 16.8 Å². The third kappa shape index (κ3) is 4.33. The molecule has 8 nitrogen and oxygen atoms in total. The van der Waals surface area contributed by atoms with Crippen molar-refractivity contribution in [3.05, 3.63) is 104 Å². The van der Waals surface area contributed by atoms with Gasteiger partial charge in [-0.2, -0.15) is 0 Å². The number of aromatic carboxylic acids is 1. The molecule has 0 fully saturated rings. The minimum atomic E-state index is -1.10. The molecule has 35 heavy (non-hydrogen) atoms. The van der Waals surface area contributed by atoms with Gasteiger partial charge in [-0.25, -0.2) is 9.78 Å². The summed E-state index contributed by atoms with van der Waals surface area (Å²) >= 11 is 1.33. The van der Waals surface area contributed by atoms with Gasteiger partial charge in [0.2, 0.25) is 0 Å². The highest BCUT2D eigenvalue weighted by Crippen LogP contribution is 2.36. The van der Waals surface area contributed by atoms with Crippen molar-refractivity contribution in [1.82, 2.24) is 9.55 Å². The van der Waals surface area contributed by atoms with Gasteiger partial charge in [-0.15, -0.1) is 0 Å². The molecule has 0 unspecified atom stereocenters. The second kappa shape index (κ2) is 8.84. The van der Waals surface area contributed by atoms with Crippen molar-refractivity contribution < 1.29 is 14.8 Å². The first-order valence-corrected chi connectivity index (χ1v) is 11.6. The largest absolute Gasteiger partial charge is 0.478 e. The van der Waals surface area contributed by atoms with Crippen LogP contribution in [0.15, 0.2) is 75.2 Å². The molecule has 1 aliphatic heterocycles. The van der Waals surface area contributed by atoms with Crippen LogP contribution in [0.1, 0.15) is 33.7 Å². The second-order valence-electron chi connectivity index (χ2n) is 8.25. The Balaban J connectivity index is 1.54. The van der Waals surface area contributed by atoms with Gasteiger partial charge in [0.1, 0.15) is 5.82 Å². The first kappa shape index (κ1) is 22.5. The smallest absolute Gasteiger partial charge is 0.335 e. The van der Waals surface area contributed by atoms with Crippen molar-refractivity contribution in [3.63, 3.8) is 0 Å². The maximum Gasteiger partial charge on any atom is 0.335 e. The lowest BCUT2D eigenvalue weighted by molar-refractivity contribution is -0.387. The van der Waals surface area contributed by atoms with Crippen LogP contribution in [0, 0.1) is 17.0 Å². The molecule has 0 amide bonds. The average molecular weight is 486 g/mol. The van der Waals surface area contributed by atoms with Gasteiger partial charge in [0.15, 0.2) is 0 Å². The highest BCUT2D eigenvalue weighted by atomic mass is 32.2. The van der Waals surface area contributed by atoms with Crippen LogP contribution in [-0.2, 0) is 6.54 Å². The van der Waals surface area contributed by atoms with E-state index in [2.05, 4.69) is 4.98 Å². The second-order valence-corrected chi connectivity index (χ2v) is 9.36. The van der Waals surface area contributed by atoms with E-state index in [0.29, 0.717) is 40.2 Å². The van der Waals surface area contributed by atoms with E-state index in [1.165, 1.54) is 36.0 Å². The van der Waals surface area contributed by atoms with Gasteiger partial charge in [-0.3, -0.25) is 19.5 Å². The van der Waals surface area contributed by atoms with Gasteiger partial charge in [-0.1, -0.05) is 35.5 Å². The molecule has 0 bridgehead atoms. The zero-order chi connectivity index (χ0) is 24.7. The Morgan fingerprint density at radius 1 is 1.14 bits per heavy atom. The number of hydrogen-bond donors (Lipinski definition) is 1. The minimum absolute atomic E-state index is 0.00196. The number of aromatic nitrogens is 2. The van der Waals surface area contributed by atoms with Crippen LogP contribution >= 0.6 is 11.8 Å². The summed E-state index contributed by atoms with van der Waals surface area (Å²) in [6, 6.07) is 17.1. The Kier molecular flexibility index (Phi) is 5.70. The van der Waals surface area contributed by atoms with E-state index < -0.39 is 10.9 Å². The average Bonchev–Trinajstić information content (AvgIpc) is 3.23. The number of aryl methyl sites for hydroxylation is 1. The van der Waals surface area contributed by atoms with Gasteiger partial charge in [0, 0.05) is 17.5 Å². The van der Waals surface area contributed by atoms with E-state index in [9.17, 15) is 24.8 Å². The molecule has 9 heteroatoms. The topological polar surface area (TPSA) is 115 Å². The van der Waals surface area contributed by atoms with Crippen molar-refractivity contribution in [3.8, 4) is 0 Å². The minimum Gasteiger partial charge on any atom is -0.478 e. The molecule has 3 aromatic carbocycles. The number of carbonyl (C=O) groups is 1. The maximum absolute atomic E-state index is 12.9. The van der Waals surface area contributed by atoms with Gasteiger partial charge in [0.05, 0.1) is 26.3 Å². The van der Waals surface area contributed by atoms with E-state index in [1.807, 2.05) is 31.2 Å². The summed E-state index contributed by atoms with van der Waals surface area (Å²) in [7, 11) is 0. The molecule has 1 aliphatic rings. The lowest BCUT2D eigenvalue weighted by atomic mass is 10.1. The summed E-state index contributed by atoms with van der Waals surface area (Å²) in [5, 5.41) is 21.4. The predicted molar refractivity (Wildman–Crippen MR) is 134 cm³/mol. The van der Waals surface area contributed by atoms with Crippen LogP contribution in [0.3, 0.4) is 0 Å². The summed E-state index contributed by atoms with van der Waals surface area (Å²) in [4.78, 5) is 41.7. The number of fused-ring (bicyclic) bond motifs is 2. The van der Waals surface area contributed by atoms with Crippen molar-refractivity contribution >= 4 is 46.0 Å². The zero-order valence-electron chi connectivity index (χ0n) is 18.6. The molecule has 0 saturated carbocycles. The number of rotatable bonds is 5. The molecule has 174 valence electrons. The molecule has 5 rings (SSSR count). The fourth-order valence-electron chi connectivity index (χ4n) is 4.08. The third-order valence-corrected chi connectivity index (χ3v) is 6.94. The quantitative estimate of drug-likeness (QED) is 0.297. The maximum atomic E-state index is 12.9. The Labute approximate surface area is 203 Å². The normalized spacial score (nSPS) is 13.8. The van der Waals surface area contributed by atoms with Gasteiger partial charge >= 0.3 is 5.97 Å². The molecule has 1 N–H and O–H groups in total. The number of carboxylic acid groups (broad SMARTS) is 1. The van der Waals surface area contributed by atoms with E-state index in [1.54, 1.807) is 22.8 Å². The number of benzene rings is 3. The monoisotopic (exact) mass is 485 g/mol. The molecule has 0 spiro atoms. The SMILES string of the molecule is Cc1ccc(Sc2ccc(/C=C3\CCn4c3nc3cc(C(=O)O)ccc3c4=O)cc2[N+](=O)[O-])cc1. The van der Waals surface area contributed by atoms with Crippen LogP contribution in [0.25, 0.3) is 22.6 Å². The Bertz CT molecular complexity index is 1610. The van der Waals surface area contributed by atoms with Crippen LogP contribution in [0.4, 0.5) is 5.69 Å². The number of nitrogens with zero attached hydrogens (tertiary/aromatic N) is 3. The van der Waals surface area contributed by atoms with E-state index >= 15 is 0 Å². The third-order valence-electron chi connectivity index (χ3n) is 5.86. The summed E-state index contributed by atoms with van der Waals surface area (Å²) in [5.41, 5.74) is 2.63. The van der Waals surface area contributed by atoms with Crippen molar-refractivity contribution in [2.24, 2.45) is 0 Å². The standard InChI is InChI=1S/C26H19N3O5S/c1-15-2-6-19(7-3-15)35-23-9-4-16(13-22(23)29(33)34)12-17-10-11-28-24(17)27-21-14-18(26(31)32)5-8-20(21)25(28)30/h2-9,12-14H,10-11H2,1H3,(H,31,32)/b17-12+. The van der Waals surface area contributed by atoms with Crippen molar-refractivity contribution in [1.29, 1.82) is 0 Å². The fraction of sp³-hybridized carbons (Fsp3) is 0.115.